The number of pyridine rings is 1. The number of aromatic nitrogens is 3. The van der Waals surface area contributed by atoms with Crippen LogP contribution in [0.3, 0.4) is 0 Å². The smallest absolute Gasteiger partial charge is 0.289 e. The maximum Gasteiger partial charge on any atom is 0.289 e. The van der Waals surface area contributed by atoms with Crippen LogP contribution >= 0.6 is 0 Å². The predicted octanol–water partition coefficient (Wildman–Crippen LogP) is 1.66. The number of amides is 2. The number of furan rings is 1. The van der Waals surface area contributed by atoms with Gasteiger partial charge in [-0.05, 0) is 30.3 Å². The average Bonchev–Trinajstić information content (AvgIpc) is 3.40. The van der Waals surface area contributed by atoms with Gasteiger partial charge in [0.1, 0.15) is 11.4 Å². The zero-order chi connectivity index (χ0) is 17.9. The van der Waals surface area contributed by atoms with E-state index >= 15 is 0 Å². The molecular weight excluding hydrogens is 334 g/mol. The van der Waals surface area contributed by atoms with E-state index in [9.17, 15) is 9.59 Å². The Morgan fingerprint density at radius 3 is 2.38 bits per heavy atom. The lowest BCUT2D eigenvalue weighted by molar-refractivity contribution is 0.0515. The van der Waals surface area contributed by atoms with Gasteiger partial charge in [0, 0.05) is 32.4 Å². The summed E-state index contributed by atoms with van der Waals surface area (Å²) < 4.78 is 5.15. The van der Waals surface area contributed by atoms with E-state index < -0.39 is 0 Å². The van der Waals surface area contributed by atoms with Gasteiger partial charge in [0.25, 0.3) is 11.8 Å². The molecule has 4 heterocycles. The Kier molecular flexibility index (Phi) is 4.22. The highest BCUT2D eigenvalue weighted by Crippen LogP contribution is 2.16. The van der Waals surface area contributed by atoms with Crippen LogP contribution in [0.2, 0.25) is 0 Å². The first-order valence-corrected chi connectivity index (χ1v) is 8.31. The van der Waals surface area contributed by atoms with E-state index in [1.807, 2.05) is 18.2 Å². The van der Waals surface area contributed by atoms with Gasteiger partial charge in [-0.1, -0.05) is 6.07 Å². The summed E-state index contributed by atoms with van der Waals surface area (Å²) in [7, 11) is 0. The van der Waals surface area contributed by atoms with E-state index in [1.54, 1.807) is 34.2 Å². The van der Waals surface area contributed by atoms with E-state index in [2.05, 4.69) is 15.2 Å². The highest BCUT2D eigenvalue weighted by atomic mass is 16.3. The molecule has 4 rings (SSSR count). The number of hydrogen-bond acceptors (Lipinski definition) is 5. The second-order valence-corrected chi connectivity index (χ2v) is 5.94. The van der Waals surface area contributed by atoms with E-state index in [0.717, 1.165) is 0 Å². The minimum Gasteiger partial charge on any atom is -0.459 e. The Morgan fingerprint density at radius 2 is 1.73 bits per heavy atom. The van der Waals surface area contributed by atoms with Crippen LogP contribution in [0.4, 0.5) is 0 Å². The van der Waals surface area contributed by atoms with Crippen LogP contribution in [0.25, 0.3) is 11.4 Å². The van der Waals surface area contributed by atoms with Crippen LogP contribution in [-0.2, 0) is 0 Å². The van der Waals surface area contributed by atoms with Gasteiger partial charge in [-0.15, -0.1) is 0 Å². The molecule has 26 heavy (non-hydrogen) atoms. The van der Waals surface area contributed by atoms with E-state index in [1.165, 1.54) is 6.26 Å². The van der Waals surface area contributed by atoms with Gasteiger partial charge >= 0.3 is 0 Å². The molecule has 132 valence electrons. The van der Waals surface area contributed by atoms with Crippen LogP contribution in [0.5, 0.6) is 0 Å². The molecular formula is C18H17N5O3. The molecule has 2 amide bonds. The molecule has 0 unspecified atom stereocenters. The topological polar surface area (TPSA) is 95.3 Å². The molecule has 3 aromatic rings. The number of carbonyl (C=O) groups is 2. The quantitative estimate of drug-likeness (QED) is 0.774. The SMILES string of the molecule is O=C(c1cc(-c2ccccn2)n[nH]1)N1CCN(C(=O)c2ccco2)CC1. The predicted molar refractivity (Wildman–Crippen MR) is 92.3 cm³/mol. The number of piperazine rings is 1. The molecule has 0 aromatic carbocycles. The maximum absolute atomic E-state index is 12.7. The van der Waals surface area contributed by atoms with E-state index in [4.69, 9.17) is 4.42 Å². The van der Waals surface area contributed by atoms with Gasteiger partial charge in [0.2, 0.25) is 0 Å². The Morgan fingerprint density at radius 1 is 0.962 bits per heavy atom. The highest BCUT2D eigenvalue weighted by Gasteiger charge is 2.27. The second kappa shape index (κ2) is 6.83. The third kappa shape index (κ3) is 3.08. The summed E-state index contributed by atoms with van der Waals surface area (Å²) in [6, 6.07) is 10.6. The molecule has 1 fully saturated rings. The van der Waals surface area contributed by atoms with Crippen molar-refractivity contribution >= 4 is 11.8 Å². The zero-order valence-corrected chi connectivity index (χ0v) is 14.0. The molecule has 0 saturated carbocycles. The number of hydrogen-bond donors (Lipinski definition) is 1. The molecule has 0 spiro atoms. The van der Waals surface area contributed by atoms with Crippen molar-refractivity contribution in [2.45, 2.75) is 0 Å². The molecule has 3 aromatic heterocycles. The number of carbonyl (C=O) groups excluding carboxylic acids is 2. The average molecular weight is 351 g/mol. The maximum atomic E-state index is 12.7. The summed E-state index contributed by atoms with van der Waals surface area (Å²) in [4.78, 5) is 32.6. The number of nitrogens with one attached hydrogen (secondary N) is 1. The molecule has 1 aliphatic rings. The van der Waals surface area contributed by atoms with Gasteiger partial charge in [0.15, 0.2) is 5.76 Å². The highest BCUT2D eigenvalue weighted by molar-refractivity contribution is 5.94. The van der Waals surface area contributed by atoms with Gasteiger partial charge in [-0.2, -0.15) is 5.10 Å². The number of rotatable bonds is 3. The largest absolute Gasteiger partial charge is 0.459 e. The van der Waals surface area contributed by atoms with Gasteiger partial charge in [-0.25, -0.2) is 0 Å². The molecule has 8 heteroatoms. The fourth-order valence-electron chi connectivity index (χ4n) is 2.92. The van der Waals surface area contributed by atoms with Crippen LogP contribution in [-0.4, -0.2) is 63.0 Å². The first kappa shape index (κ1) is 16.1. The fraction of sp³-hybridized carbons (Fsp3) is 0.222. The lowest BCUT2D eigenvalue weighted by Crippen LogP contribution is -2.50. The Labute approximate surface area is 149 Å². The number of H-pyrrole nitrogens is 1. The molecule has 1 aliphatic heterocycles. The minimum atomic E-state index is -0.152. The standard InChI is InChI=1S/C18H17N5O3/c24-17(15-12-14(20-21-15)13-4-1-2-6-19-13)22-7-9-23(10-8-22)18(25)16-5-3-11-26-16/h1-6,11-12H,7-10H2,(H,20,21). The summed E-state index contributed by atoms with van der Waals surface area (Å²) >= 11 is 0. The van der Waals surface area contributed by atoms with Gasteiger partial charge in [-0.3, -0.25) is 19.7 Å². The first-order valence-electron chi connectivity index (χ1n) is 8.31. The van der Waals surface area contributed by atoms with Crippen LogP contribution < -0.4 is 0 Å². The van der Waals surface area contributed by atoms with Crippen LogP contribution in [0, 0.1) is 0 Å². The van der Waals surface area contributed by atoms with Crippen molar-refractivity contribution < 1.29 is 14.0 Å². The molecule has 8 nitrogen and oxygen atoms in total. The molecule has 0 aliphatic carbocycles. The molecule has 1 N–H and O–H groups in total. The summed E-state index contributed by atoms with van der Waals surface area (Å²) in [6.07, 6.45) is 3.16. The zero-order valence-electron chi connectivity index (χ0n) is 14.0. The van der Waals surface area contributed by atoms with Crippen molar-refractivity contribution in [2.24, 2.45) is 0 Å². The third-order valence-corrected chi connectivity index (χ3v) is 4.32. The van der Waals surface area contributed by atoms with Crippen LogP contribution in [0.15, 0.2) is 53.3 Å². The first-order chi connectivity index (χ1) is 12.7. The van der Waals surface area contributed by atoms with Crippen molar-refractivity contribution in [3.05, 3.63) is 60.3 Å². The normalized spacial score (nSPS) is 14.5. The molecule has 0 radical (unpaired) electrons. The van der Waals surface area contributed by atoms with Crippen molar-refractivity contribution in [3.63, 3.8) is 0 Å². The van der Waals surface area contributed by atoms with Crippen LogP contribution in [0.1, 0.15) is 21.0 Å². The van der Waals surface area contributed by atoms with E-state index in [0.29, 0.717) is 49.0 Å². The lowest BCUT2D eigenvalue weighted by Gasteiger charge is -2.34. The summed E-state index contributed by atoms with van der Waals surface area (Å²) in [5.41, 5.74) is 1.74. The number of nitrogens with zero attached hydrogens (tertiary/aromatic N) is 4. The molecule has 1 saturated heterocycles. The minimum absolute atomic E-state index is 0.134. The molecule has 0 atom stereocenters. The summed E-state index contributed by atoms with van der Waals surface area (Å²) in [5, 5.41) is 6.95. The Hall–Kier alpha value is -3.42. The van der Waals surface area contributed by atoms with Crippen molar-refractivity contribution in [2.75, 3.05) is 26.2 Å². The summed E-state index contributed by atoms with van der Waals surface area (Å²) in [5.74, 6) is 0.0317. The van der Waals surface area contributed by atoms with Gasteiger partial charge < -0.3 is 14.2 Å². The fourth-order valence-corrected chi connectivity index (χ4v) is 2.92. The Balaban J connectivity index is 1.40. The third-order valence-electron chi connectivity index (χ3n) is 4.32. The lowest BCUT2D eigenvalue weighted by atomic mass is 10.2. The molecule has 0 bridgehead atoms. The van der Waals surface area contributed by atoms with Gasteiger partial charge in [0.05, 0.1) is 12.0 Å². The Bertz CT molecular complexity index is 896. The van der Waals surface area contributed by atoms with Crippen molar-refractivity contribution in [1.29, 1.82) is 0 Å². The summed E-state index contributed by atoms with van der Waals surface area (Å²) in [6.45, 7) is 1.85. The number of aromatic amines is 1. The van der Waals surface area contributed by atoms with Crippen molar-refractivity contribution in [1.82, 2.24) is 25.0 Å². The van der Waals surface area contributed by atoms with Crippen molar-refractivity contribution in [3.8, 4) is 11.4 Å². The van der Waals surface area contributed by atoms with E-state index in [-0.39, 0.29) is 11.8 Å². The second-order valence-electron chi connectivity index (χ2n) is 5.94. The monoisotopic (exact) mass is 351 g/mol.